The van der Waals surface area contributed by atoms with Crippen LogP contribution in [0.5, 0.6) is 0 Å². The molecule has 0 saturated heterocycles. The minimum Gasteiger partial charge on any atom is -0.324 e. The summed E-state index contributed by atoms with van der Waals surface area (Å²) in [5.74, 6) is 0.0463. The van der Waals surface area contributed by atoms with Crippen LogP contribution in [-0.4, -0.2) is 20.9 Å². The molecule has 4 aromatic rings. The van der Waals surface area contributed by atoms with Gasteiger partial charge in [0.2, 0.25) is 5.95 Å². The summed E-state index contributed by atoms with van der Waals surface area (Å²) in [6.07, 6.45) is 3.26. The summed E-state index contributed by atoms with van der Waals surface area (Å²) in [5.41, 5.74) is 3.67. The fourth-order valence-corrected chi connectivity index (χ4v) is 2.70. The molecule has 0 aliphatic heterocycles. The van der Waals surface area contributed by atoms with E-state index in [0.29, 0.717) is 11.6 Å². The molecule has 0 fully saturated rings. The van der Waals surface area contributed by atoms with Crippen LogP contribution in [0.2, 0.25) is 0 Å². The summed E-state index contributed by atoms with van der Waals surface area (Å²) >= 11 is 0. The minimum absolute atomic E-state index is 0.271. The molecule has 0 radical (unpaired) electrons. The maximum atomic E-state index is 12.7. The molecule has 0 unspecified atom stereocenters. The highest BCUT2D eigenvalue weighted by molar-refractivity contribution is 6.07. The predicted octanol–water partition coefficient (Wildman–Crippen LogP) is 4.33. The minimum atomic E-state index is -0.317. The number of nitrogens with zero attached hydrogens (tertiary/aromatic N) is 3. The Morgan fingerprint density at radius 3 is 2.56 bits per heavy atom. The normalized spacial score (nSPS) is 10.6. The molecule has 0 bridgehead atoms. The molecule has 2 N–H and O–H groups in total. The van der Waals surface area contributed by atoms with Gasteiger partial charge in [-0.05, 0) is 37.3 Å². The molecular weight excluding hydrogens is 338 g/mol. The van der Waals surface area contributed by atoms with Gasteiger partial charge in [-0.2, -0.15) is 0 Å². The average molecular weight is 355 g/mol. The summed E-state index contributed by atoms with van der Waals surface area (Å²) in [6.45, 7) is 2.02. The molecule has 0 atom stereocenters. The molecule has 0 spiro atoms. The van der Waals surface area contributed by atoms with Crippen molar-refractivity contribution in [2.45, 2.75) is 6.92 Å². The van der Waals surface area contributed by atoms with E-state index in [9.17, 15) is 4.79 Å². The lowest BCUT2D eigenvalue weighted by Gasteiger charge is -2.09. The zero-order chi connectivity index (χ0) is 18.6. The van der Waals surface area contributed by atoms with Gasteiger partial charge in [-0.15, -0.1) is 0 Å². The number of hydrogen-bond acceptors (Lipinski definition) is 5. The topological polar surface area (TPSA) is 79.8 Å². The zero-order valence-corrected chi connectivity index (χ0v) is 14.7. The smallest absolute Gasteiger partial charge is 0.274 e. The van der Waals surface area contributed by atoms with E-state index in [1.165, 1.54) is 5.56 Å². The first-order valence-electron chi connectivity index (χ1n) is 8.51. The monoisotopic (exact) mass is 355 g/mol. The van der Waals surface area contributed by atoms with Crippen LogP contribution in [0.4, 0.5) is 17.3 Å². The van der Waals surface area contributed by atoms with Crippen molar-refractivity contribution < 1.29 is 4.79 Å². The van der Waals surface area contributed by atoms with E-state index in [4.69, 9.17) is 0 Å². The number of amides is 1. The van der Waals surface area contributed by atoms with Crippen molar-refractivity contribution in [1.29, 1.82) is 0 Å². The first kappa shape index (κ1) is 16.7. The van der Waals surface area contributed by atoms with Crippen molar-refractivity contribution in [2.75, 3.05) is 10.6 Å². The Labute approximate surface area is 156 Å². The highest BCUT2D eigenvalue weighted by atomic mass is 16.1. The molecule has 2 aromatic carbocycles. The van der Waals surface area contributed by atoms with Crippen LogP contribution >= 0.6 is 0 Å². The van der Waals surface area contributed by atoms with Crippen molar-refractivity contribution in [3.63, 3.8) is 0 Å². The van der Waals surface area contributed by atoms with Crippen LogP contribution < -0.4 is 10.6 Å². The van der Waals surface area contributed by atoms with Crippen LogP contribution in [-0.2, 0) is 0 Å². The lowest BCUT2D eigenvalue weighted by molar-refractivity contribution is 0.102. The van der Waals surface area contributed by atoms with E-state index in [1.807, 2.05) is 61.5 Å². The van der Waals surface area contributed by atoms with Crippen LogP contribution in [0.15, 0.2) is 73.1 Å². The van der Waals surface area contributed by atoms with Crippen molar-refractivity contribution in [3.05, 3.63) is 84.3 Å². The summed E-state index contributed by atoms with van der Waals surface area (Å²) in [7, 11) is 0. The third-order valence-electron chi connectivity index (χ3n) is 4.08. The van der Waals surface area contributed by atoms with Gasteiger partial charge in [0, 0.05) is 23.5 Å². The molecule has 4 rings (SSSR count). The van der Waals surface area contributed by atoms with Gasteiger partial charge in [0.1, 0.15) is 5.69 Å². The summed E-state index contributed by atoms with van der Waals surface area (Å²) in [5, 5.41) is 6.94. The second-order valence-electron chi connectivity index (χ2n) is 6.09. The molecule has 1 amide bonds. The van der Waals surface area contributed by atoms with E-state index in [2.05, 4.69) is 25.6 Å². The zero-order valence-electron chi connectivity index (χ0n) is 14.7. The molecule has 0 saturated carbocycles. The van der Waals surface area contributed by atoms with Crippen molar-refractivity contribution in [3.8, 4) is 0 Å². The third kappa shape index (κ3) is 3.74. The van der Waals surface area contributed by atoms with Gasteiger partial charge < -0.3 is 10.6 Å². The Hall–Kier alpha value is -3.80. The number of pyridine rings is 1. The summed E-state index contributed by atoms with van der Waals surface area (Å²) < 4.78 is 0. The van der Waals surface area contributed by atoms with E-state index >= 15 is 0 Å². The standard InChI is InChI=1S/C21H17N5O/c1-14-7-9-16(10-8-14)24-21-23-13-11-18(26-21)20(27)25-17-6-2-4-15-5-3-12-22-19(15)17/h2-13H,1H3,(H,25,27)(H,23,24,26). The molecule has 0 aliphatic carbocycles. The number of para-hydroxylation sites is 1. The fourth-order valence-electron chi connectivity index (χ4n) is 2.70. The van der Waals surface area contributed by atoms with Gasteiger partial charge >= 0.3 is 0 Å². The van der Waals surface area contributed by atoms with Gasteiger partial charge in [0.05, 0.1) is 11.2 Å². The number of nitrogens with one attached hydrogen (secondary N) is 2. The van der Waals surface area contributed by atoms with Crippen LogP contribution in [0, 0.1) is 6.92 Å². The molecule has 27 heavy (non-hydrogen) atoms. The van der Waals surface area contributed by atoms with Gasteiger partial charge in [-0.1, -0.05) is 35.9 Å². The maximum Gasteiger partial charge on any atom is 0.274 e. The number of aromatic nitrogens is 3. The predicted molar refractivity (Wildman–Crippen MR) is 106 cm³/mol. The second kappa shape index (κ2) is 7.21. The Balaban J connectivity index is 1.56. The molecule has 2 aromatic heterocycles. The molecule has 6 heteroatoms. The van der Waals surface area contributed by atoms with Gasteiger partial charge in [-0.3, -0.25) is 9.78 Å². The Bertz CT molecular complexity index is 1100. The van der Waals surface area contributed by atoms with Crippen molar-refractivity contribution in [2.24, 2.45) is 0 Å². The van der Waals surface area contributed by atoms with Gasteiger partial charge in [0.15, 0.2) is 0 Å². The van der Waals surface area contributed by atoms with Crippen molar-refractivity contribution >= 4 is 34.1 Å². The van der Waals surface area contributed by atoms with Crippen LogP contribution in [0.3, 0.4) is 0 Å². The van der Waals surface area contributed by atoms with Gasteiger partial charge in [0.25, 0.3) is 5.91 Å². The third-order valence-corrected chi connectivity index (χ3v) is 4.08. The van der Waals surface area contributed by atoms with Crippen LogP contribution in [0.1, 0.15) is 16.1 Å². The number of aryl methyl sites for hydroxylation is 1. The average Bonchev–Trinajstić information content (AvgIpc) is 2.70. The first-order chi connectivity index (χ1) is 13.2. The van der Waals surface area contributed by atoms with Gasteiger partial charge in [-0.25, -0.2) is 9.97 Å². The molecule has 0 aliphatic rings. The van der Waals surface area contributed by atoms with E-state index in [-0.39, 0.29) is 11.6 Å². The van der Waals surface area contributed by atoms with E-state index < -0.39 is 0 Å². The van der Waals surface area contributed by atoms with Crippen molar-refractivity contribution in [1.82, 2.24) is 15.0 Å². The highest BCUT2D eigenvalue weighted by Crippen LogP contribution is 2.21. The first-order valence-corrected chi connectivity index (χ1v) is 8.51. The molecule has 132 valence electrons. The maximum absolute atomic E-state index is 12.7. The fraction of sp³-hybridized carbons (Fsp3) is 0.0476. The molecule has 6 nitrogen and oxygen atoms in total. The van der Waals surface area contributed by atoms with Crippen LogP contribution in [0.25, 0.3) is 10.9 Å². The Morgan fingerprint density at radius 1 is 0.889 bits per heavy atom. The SMILES string of the molecule is Cc1ccc(Nc2nccc(C(=O)Nc3cccc4cccnc34)n2)cc1. The lowest BCUT2D eigenvalue weighted by Crippen LogP contribution is -2.15. The highest BCUT2D eigenvalue weighted by Gasteiger charge is 2.11. The van der Waals surface area contributed by atoms with E-state index in [0.717, 1.165) is 16.6 Å². The Kier molecular flexibility index (Phi) is 4.45. The number of carbonyl (C=O) groups is 1. The largest absolute Gasteiger partial charge is 0.324 e. The Morgan fingerprint density at radius 2 is 1.70 bits per heavy atom. The number of benzene rings is 2. The van der Waals surface area contributed by atoms with E-state index in [1.54, 1.807) is 18.5 Å². The second-order valence-corrected chi connectivity index (χ2v) is 6.09. The number of fused-ring (bicyclic) bond motifs is 1. The number of anilines is 3. The number of hydrogen-bond donors (Lipinski definition) is 2. The quantitative estimate of drug-likeness (QED) is 0.569. The summed E-state index contributed by atoms with van der Waals surface area (Å²) in [4.78, 5) is 25.5. The molecular formula is C21H17N5O. The number of rotatable bonds is 4. The lowest BCUT2D eigenvalue weighted by atomic mass is 10.2. The molecule has 2 heterocycles. The summed E-state index contributed by atoms with van der Waals surface area (Å²) in [6, 6.07) is 18.9. The number of carbonyl (C=O) groups excluding carboxylic acids is 1.